The second-order valence-corrected chi connectivity index (χ2v) is 6.23. The molecule has 0 aliphatic heterocycles. The number of benzene rings is 1. The highest BCUT2D eigenvalue weighted by molar-refractivity contribution is 5.99. The Morgan fingerprint density at radius 1 is 1.26 bits per heavy atom. The average Bonchev–Trinajstić information content (AvgIpc) is 2.44. The van der Waals surface area contributed by atoms with Gasteiger partial charge in [-0.2, -0.15) is 0 Å². The Hall–Kier alpha value is -2.63. The first-order chi connectivity index (χ1) is 10.6. The van der Waals surface area contributed by atoms with E-state index in [0.29, 0.717) is 11.3 Å². The first-order valence-corrected chi connectivity index (χ1v) is 7.22. The lowest BCUT2D eigenvalue weighted by molar-refractivity contribution is -0.129. The summed E-state index contributed by atoms with van der Waals surface area (Å²) in [4.78, 5) is 36.6. The van der Waals surface area contributed by atoms with Crippen molar-refractivity contribution >= 4 is 23.4 Å². The largest absolute Gasteiger partial charge is 0.347 e. The minimum atomic E-state index is -0.351. The fraction of sp³-hybridized carbons (Fsp3) is 0.353. The maximum atomic E-state index is 12.1. The van der Waals surface area contributed by atoms with Crippen molar-refractivity contribution < 1.29 is 14.4 Å². The predicted octanol–water partition coefficient (Wildman–Crippen LogP) is 1.80. The molecule has 0 aliphatic carbocycles. The van der Waals surface area contributed by atoms with Gasteiger partial charge in [0.25, 0.3) is 5.91 Å². The Morgan fingerprint density at radius 3 is 2.48 bits per heavy atom. The highest BCUT2D eigenvalue weighted by atomic mass is 16.2. The smallest absolute Gasteiger partial charge is 0.251 e. The molecule has 0 heterocycles. The Labute approximate surface area is 136 Å². The molecule has 0 spiro atoms. The second kappa shape index (κ2) is 7.58. The molecule has 0 radical (unpaired) electrons. The Bertz CT molecular complexity index is 618. The van der Waals surface area contributed by atoms with Crippen molar-refractivity contribution in [1.29, 1.82) is 0 Å². The molecular formula is C17H23N3O3. The lowest BCUT2D eigenvalue weighted by Crippen LogP contribution is -2.40. The summed E-state index contributed by atoms with van der Waals surface area (Å²) < 4.78 is 0. The van der Waals surface area contributed by atoms with Crippen molar-refractivity contribution in [3.63, 3.8) is 0 Å². The minimum absolute atomic E-state index is 0.0940. The first kappa shape index (κ1) is 18.4. The molecule has 0 atom stereocenters. The highest BCUT2D eigenvalue weighted by Crippen LogP contribution is 2.12. The zero-order chi connectivity index (χ0) is 17.6. The first-order valence-electron chi connectivity index (χ1n) is 7.22. The van der Waals surface area contributed by atoms with Gasteiger partial charge in [-0.1, -0.05) is 12.6 Å². The number of anilines is 1. The van der Waals surface area contributed by atoms with Crippen LogP contribution in [0.3, 0.4) is 0 Å². The van der Waals surface area contributed by atoms with Crippen molar-refractivity contribution in [3.8, 4) is 0 Å². The van der Waals surface area contributed by atoms with Gasteiger partial charge in [0.2, 0.25) is 11.8 Å². The number of likely N-dealkylation sites (N-methyl/N-ethyl adjacent to an activating group) is 1. The van der Waals surface area contributed by atoms with Crippen LogP contribution in [0.5, 0.6) is 0 Å². The van der Waals surface area contributed by atoms with E-state index in [2.05, 4.69) is 17.2 Å². The zero-order valence-corrected chi connectivity index (χ0v) is 14.0. The number of rotatable bonds is 5. The van der Waals surface area contributed by atoms with Crippen LogP contribution in [-0.2, 0) is 9.59 Å². The van der Waals surface area contributed by atoms with Crippen LogP contribution in [-0.4, -0.2) is 41.8 Å². The highest BCUT2D eigenvalue weighted by Gasteiger charge is 2.16. The van der Waals surface area contributed by atoms with E-state index in [0.717, 1.165) is 6.08 Å². The molecule has 1 aromatic carbocycles. The van der Waals surface area contributed by atoms with Crippen molar-refractivity contribution in [2.75, 3.05) is 18.9 Å². The normalized spacial score (nSPS) is 10.6. The van der Waals surface area contributed by atoms with E-state index < -0.39 is 0 Å². The van der Waals surface area contributed by atoms with Crippen LogP contribution in [0.4, 0.5) is 5.69 Å². The van der Waals surface area contributed by atoms with Crippen LogP contribution in [0.15, 0.2) is 36.9 Å². The van der Waals surface area contributed by atoms with Crippen LogP contribution in [0, 0.1) is 0 Å². The summed E-state index contributed by atoms with van der Waals surface area (Å²) in [6, 6.07) is 6.63. The summed E-state index contributed by atoms with van der Waals surface area (Å²) in [5, 5.41) is 5.52. The molecule has 0 bridgehead atoms. The number of nitrogens with one attached hydrogen (secondary N) is 2. The van der Waals surface area contributed by atoms with Gasteiger partial charge in [-0.15, -0.1) is 0 Å². The fourth-order valence-electron chi connectivity index (χ4n) is 1.80. The molecule has 6 heteroatoms. The lowest BCUT2D eigenvalue weighted by Gasteiger charge is -2.20. The van der Waals surface area contributed by atoms with Crippen molar-refractivity contribution in [3.05, 3.63) is 42.5 Å². The molecule has 2 N–H and O–H groups in total. The number of hydrogen-bond donors (Lipinski definition) is 2. The summed E-state index contributed by atoms with van der Waals surface area (Å²) in [5.41, 5.74) is 0.605. The molecule has 0 fully saturated rings. The molecule has 0 saturated carbocycles. The van der Waals surface area contributed by atoms with Gasteiger partial charge in [0.15, 0.2) is 0 Å². The van der Waals surface area contributed by atoms with Crippen LogP contribution in [0.2, 0.25) is 0 Å². The summed E-state index contributed by atoms with van der Waals surface area (Å²) in [5.74, 6) is -0.901. The van der Waals surface area contributed by atoms with Gasteiger partial charge in [-0.3, -0.25) is 14.4 Å². The van der Waals surface area contributed by atoms with Crippen LogP contribution < -0.4 is 10.6 Å². The summed E-state index contributed by atoms with van der Waals surface area (Å²) in [6.07, 6.45) is 1.14. The number of carbonyl (C=O) groups excluding carboxylic acids is 3. The lowest BCUT2D eigenvalue weighted by atomic mass is 10.1. The number of nitrogens with zero attached hydrogens (tertiary/aromatic N) is 1. The third-order valence-corrected chi connectivity index (χ3v) is 2.83. The summed E-state index contributed by atoms with van der Waals surface area (Å²) >= 11 is 0. The Balaban J connectivity index is 2.74. The molecule has 0 saturated heterocycles. The van der Waals surface area contributed by atoms with Crippen molar-refractivity contribution in [1.82, 2.24) is 10.2 Å². The van der Waals surface area contributed by atoms with Crippen LogP contribution in [0.1, 0.15) is 31.1 Å². The van der Waals surface area contributed by atoms with Crippen molar-refractivity contribution in [2.24, 2.45) is 0 Å². The maximum Gasteiger partial charge on any atom is 0.251 e. The maximum absolute atomic E-state index is 12.1. The van der Waals surface area contributed by atoms with Gasteiger partial charge < -0.3 is 15.5 Å². The van der Waals surface area contributed by atoms with Gasteiger partial charge in [-0.25, -0.2) is 0 Å². The molecule has 0 unspecified atom stereocenters. The molecule has 6 nitrogen and oxygen atoms in total. The number of carbonyl (C=O) groups is 3. The van der Waals surface area contributed by atoms with Gasteiger partial charge in [0.1, 0.15) is 0 Å². The SMILES string of the molecule is C=CC(=O)N(C)CC(=O)Nc1cccc(C(=O)NC(C)(C)C)c1. The molecule has 23 heavy (non-hydrogen) atoms. The Morgan fingerprint density at radius 2 is 1.91 bits per heavy atom. The summed E-state index contributed by atoms with van der Waals surface area (Å²) in [7, 11) is 1.51. The van der Waals surface area contributed by atoms with Gasteiger partial charge in [0, 0.05) is 23.8 Å². The second-order valence-electron chi connectivity index (χ2n) is 6.23. The van der Waals surface area contributed by atoms with Gasteiger partial charge in [0.05, 0.1) is 6.54 Å². The van der Waals surface area contributed by atoms with Gasteiger partial charge >= 0.3 is 0 Å². The average molecular weight is 317 g/mol. The third kappa shape index (κ3) is 6.34. The molecule has 3 amide bonds. The molecule has 1 rings (SSSR count). The third-order valence-electron chi connectivity index (χ3n) is 2.83. The monoisotopic (exact) mass is 317 g/mol. The van der Waals surface area contributed by atoms with E-state index in [1.54, 1.807) is 24.3 Å². The van der Waals surface area contributed by atoms with Crippen molar-refractivity contribution in [2.45, 2.75) is 26.3 Å². The van der Waals surface area contributed by atoms with Crippen LogP contribution >= 0.6 is 0 Å². The van der Waals surface area contributed by atoms with E-state index >= 15 is 0 Å². The minimum Gasteiger partial charge on any atom is -0.347 e. The molecule has 0 aliphatic rings. The van der Waals surface area contributed by atoms with E-state index in [1.807, 2.05) is 20.8 Å². The number of hydrogen-bond acceptors (Lipinski definition) is 3. The van der Waals surface area contributed by atoms with Crippen LogP contribution in [0.25, 0.3) is 0 Å². The standard InChI is InChI=1S/C17H23N3O3/c1-6-15(22)20(5)11-14(21)18-13-9-7-8-12(10-13)16(23)19-17(2,3)4/h6-10H,1,11H2,2-5H3,(H,18,21)(H,19,23). The van der Waals surface area contributed by atoms with E-state index in [9.17, 15) is 14.4 Å². The number of amides is 3. The Kier molecular flexibility index (Phi) is 6.07. The molecule has 124 valence electrons. The molecular weight excluding hydrogens is 294 g/mol. The van der Waals surface area contributed by atoms with E-state index in [-0.39, 0.29) is 29.8 Å². The van der Waals surface area contributed by atoms with E-state index in [1.165, 1.54) is 11.9 Å². The topological polar surface area (TPSA) is 78.5 Å². The summed E-state index contributed by atoms with van der Waals surface area (Å²) in [6.45, 7) is 8.95. The van der Waals surface area contributed by atoms with E-state index in [4.69, 9.17) is 0 Å². The quantitative estimate of drug-likeness (QED) is 0.813. The fourth-order valence-corrected chi connectivity index (χ4v) is 1.80. The predicted molar refractivity (Wildman–Crippen MR) is 90.1 cm³/mol. The molecule has 0 aromatic heterocycles. The van der Waals surface area contributed by atoms with Gasteiger partial charge in [-0.05, 0) is 45.0 Å². The molecule has 1 aromatic rings. The zero-order valence-electron chi connectivity index (χ0n) is 14.0.